The smallest absolute Gasteiger partial charge is 0.117 e. The molecule has 3 nitrogen and oxygen atoms in total. The molecule has 1 aromatic carbocycles. The molecule has 72 valence electrons. The number of hydrogen-bond donors (Lipinski definition) is 3. The summed E-state index contributed by atoms with van der Waals surface area (Å²) in [4.78, 5) is 0. The van der Waals surface area contributed by atoms with Crippen LogP contribution in [-0.2, 0) is 6.42 Å². The second-order valence-corrected chi connectivity index (χ2v) is 3.08. The number of anilines is 1. The molecule has 1 aromatic rings. The fourth-order valence-electron chi connectivity index (χ4n) is 1.46. The summed E-state index contributed by atoms with van der Waals surface area (Å²) in [5.74, 6) is 0.262. The number of rotatable bonds is 0. The lowest BCUT2D eigenvalue weighted by Gasteiger charge is -2.22. The van der Waals surface area contributed by atoms with Gasteiger partial charge in [0.2, 0.25) is 0 Å². The molecule has 0 saturated carbocycles. The van der Waals surface area contributed by atoms with E-state index in [1.54, 1.807) is 12.1 Å². The highest BCUT2D eigenvalue weighted by Gasteiger charge is 2.15. The molecule has 0 amide bonds. The zero-order valence-electron chi connectivity index (χ0n) is 7.03. The molecule has 1 atom stereocenters. The molecule has 0 fully saturated rings. The fraction of sp³-hybridized carbons (Fsp3) is 0.333. The Labute approximate surface area is 82.8 Å². The Morgan fingerprint density at radius 3 is 2.92 bits per heavy atom. The van der Waals surface area contributed by atoms with Crippen molar-refractivity contribution in [2.24, 2.45) is 0 Å². The van der Waals surface area contributed by atoms with E-state index in [2.05, 4.69) is 5.32 Å². The van der Waals surface area contributed by atoms with Crippen LogP contribution in [0.5, 0.6) is 5.75 Å². The van der Waals surface area contributed by atoms with Crippen LogP contribution in [0.25, 0.3) is 0 Å². The predicted octanol–water partition coefficient (Wildman–Crippen LogP) is 1.14. The van der Waals surface area contributed by atoms with Gasteiger partial charge in [0.1, 0.15) is 5.75 Å². The van der Waals surface area contributed by atoms with Gasteiger partial charge in [-0.3, -0.25) is 0 Å². The maximum absolute atomic E-state index is 9.30. The van der Waals surface area contributed by atoms with Crippen LogP contribution in [0.4, 0.5) is 5.69 Å². The van der Waals surface area contributed by atoms with Crippen molar-refractivity contribution in [2.45, 2.75) is 12.5 Å². The van der Waals surface area contributed by atoms with Crippen molar-refractivity contribution >= 4 is 18.1 Å². The van der Waals surface area contributed by atoms with E-state index in [1.165, 1.54) is 0 Å². The maximum Gasteiger partial charge on any atom is 0.117 e. The summed E-state index contributed by atoms with van der Waals surface area (Å²) in [6.07, 6.45) is 0.366. The minimum atomic E-state index is -0.304. The Morgan fingerprint density at radius 2 is 2.15 bits per heavy atom. The largest absolute Gasteiger partial charge is 0.508 e. The highest BCUT2D eigenvalue weighted by molar-refractivity contribution is 5.85. The van der Waals surface area contributed by atoms with Crippen molar-refractivity contribution in [3.05, 3.63) is 23.8 Å². The lowest BCUT2D eigenvalue weighted by Crippen LogP contribution is -2.27. The van der Waals surface area contributed by atoms with E-state index in [0.717, 1.165) is 11.3 Å². The molecule has 3 N–H and O–H groups in total. The first kappa shape index (κ1) is 10.2. The average Bonchev–Trinajstić information content (AvgIpc) is 2.05. The number of phenols is 1. The SMILES string of the molecule is Cl.Oc1ccc2c(c1)NCC(O)C2. The van der Waals surface area contributed by atoms with Crippen molar-refractivity contribution < 1.29 is 10.2 Å². The standard InChI is InChI=1S/C9H11NO2.ClH/c11-7-2-1-6-3-8(12)5-10-9(6)4-7;/h1-2,4,8,10-12H,3,5H2;1H. The van der Waals surface area contributed by atoms with Crippen molar-refractivity contribution in [3.8, 4) is 5.75 Å². The van der Waals surface area contributed by atoms with Crippen molar-refractivity contribution in [1.29, 1.82) is 0 Å². The maximum atomic E-state index is 9.30. The molecule has 13 heavy (non-hydrogen) atoms. The monoisotopic (exact) mass is 201 g/mol. The van der Waals surface area contributed by atoms with Gasteiger partial charge in [-0.1, -0.05) is 6.07 Å². The minimum absolute atomic E-state index is 0. The van der Waals surface area contributed by atoms with Gasteiger partial charge in [0.15, 0.2) is 0 Å². The van der Waals surface area contributed by atoms with Crippen LogP contribution in [0, 0.1) is 0 Å². The Bertz CT molecular complexity index is 304. The molecule has 1 aliphatic heterocycles. The van der Waals surface area contributed by atoms with E-state index in [9.17, 15) is 5.11 Å². The van der Waals surface area contributed by atoms with Gasteiger partial charge in [0.05, 0.1) is 6.10 Å². The highest BCUT2D eigenvalue weighted by Crippen LogP contribution is 2.25. The van der Waals surface area contributed by atoms with Gasteiger partial charge in [-0.25, -0.2) is 0 Å². The van der Waals surface area contributed by atoms with Crippen LogP contribution in [-0.4, -0.2) is 22.9 Å². The van der Waals surface area contributed by atoms with Crippen molar-refractivity contribution in [3.63, 3.8) is 0 Å². The Morgan fingerprint density at radius 1 is 1.38 bits per heavy atom. The number of nitrogens with one attached hydrogen (secondary N) is 1. The van der Waals surface area contributed by atoms with Gasteiger partial charge in [-0.15, -0.1) is 12.4 Å². The lowest BCUT2D eigenvalue weighted by molar-refractivity contribution is 0.184. The lowest BCUT2D eigenvalue weighted by atomic mass is 10.0. The molecule has 0 radical (unpaired) electrons. The molecular weight excluding hydrogens is 190 g/mol. The third-order valence-corrected chi connectivity index (χ3v) is 2.08. The summed E-state index contributed by atoms with van der Waals surface area (Å²) in [6.45, 7) is 0.566. The number of aliphatic hydroxyl groups excluding tert-OH is 1. The number of hydrogen-bond acceptors (Lipinski definition) is 3. The highest BCUT2D eigenvalue weighted by atomic mass is 35.5. The number of aliphatic hydroxyl groups is 1. The minimum Gasteiger partial charge on any atom is -0.508 e. The number of β-amino-alcohol motifs (C(OH)–C–C–N with tert-alkyl or cyclic N) is 1. The first-order valence-electron chi connectivity index (χ1n) is 3.99. The number of benzene rings is 1. The third-order valence-electron chi connectivity index (χ3n) is 2.08. The van der Waals surface area contributed by atoms with Gasteiger partial charge in [-0.05, 0) is 11.6 Å². The topological polar surface area (TPSA) is 52.5 Å². The molecule has 1 aliphatic rings. The summed E-state index contributed by atoms with van der Waals surface area (Å²) in [6, 6.07) is 5.15. The van der Waals surface area contributed by atoms with Gasteiger partial charge in [0, 0.05) is 24.7 Å². The number of phenolic OH excluding ortho intramolecular Hbond substituents is 1. The van der Waals surface area contributed by atoms with Gasteiger partial charge < -0.3 is 15.5 Å². The third kappa shape index (κ3) is 2.05. The molecule has 0 aliphatic carbocycles. The Balaban J connectivity index is 0.000000845. The average molecular weight is 202 g/mol. The fourth-order valence-corrected chi connectivity index (χ4v) is 1.46. The van der Waals surface area contributed by atoms with Crippen molar-refractivity contribution in [2.75, 3.05) is 11.9 Å². The zero-order valence-corrected chi connectivity index (χ0v) is 7.84. The second-order valence-electron chi connectivity index (χ2n) is 3.08. The number of halogens is 1. The molecule has 4 heteroatoms. The van der Waals surface area contributed by atoms with Crippen LogP contribution in [0.1, 0.15) is 5.56 Å². The molecule has 2 rings (SSSR count). The molecular formula is C9H12ClNO2. The zero-order chi connectivity index (χ0) is 8.55. The molecule has 1 unspecified atom stereocenters. The molecule has 0 bridgehead atoms. The molecule has 1 heterocycles. The number of aromatic hydroxyl groups is 1. The first-order chi connectivity index (χ1) is 5.75. The molecule has 0 spiro atoms. The summed E-state index contributed by atoms with van der Waals surface area (Å²) in [5.41, 5.74) is 1.99. The summed E-state index contributed by atoms with van der Waals surface area (Å²) < 4.78 is 0. The second kappa shape index (κ2) is 3.85. The Kier molecular flexibility index (Phi) is 3.01. The summed E-state index contributed by atoms with van der Waals surface area (Å²) in [5, 5.41) is 21.5. The first-order valence-corrected chi connectivity index (χ1v) is 3.99. The van der Waals surface area contributed by atoms with Gasteiger partial charge in [-0.2, -0.15) is 0 Å². The van der Waals surface area contributed by atoms with E-state index in [1.807, 2.05) is 6.07 Å². The Hall–Kier alpha value is -0.930. The van der Waals surface area contributed by atoms with Crippen LogP contribution >= 0.6 is 12.4 Å². The normalized spacial score (nSPS) is 19.6. The van der Waals surface area contributed by atoms with Crippen LogP contribution < -0.4 is 5.32 Å². The van der Waals surface area contributed by atoms with Crippen LogP contribution in [0.3, 0.4) is 0 Å². The van der Waals surface area contributed by atoms with Crippen LogP contribution in [0.15, 0.2) is 18.2 Å². The van der Waals surface area contributed by atoms with E-state index >= 15 is 0 Å². The van der Waals surface area contributed by atoms with Crippen molar-refractivity contribution in [1.82, 2.24) is 0 Å². The quantitative estimate of drug-likeness (QED) is 0.590. The van der Waals surface area contributed by atoms with Gasteiger partial charge >= 0.3 is 0 Å². The van der Waals surface area contributed by atoms with E-state index in [4.69, 9.17) is 5.11 Å². The molecule has 0 aromatic heterocycles. The summed E-state index contributed by atoms with van der Waals surface area (Å²) in [7, 11) is 0. The number of fused-ring (bicyclic) bond motifs is 1. The summed E-state index contributed by atoms with van der Waals surface area (Å²) >= 11 is 0. The van der Waals surface area contributed by atoms with E-state index < -0.39 is 0 Å². The van der Waals surface area contributed by atoms with E-state index in [0.29, 0.717) is 13.0 Å². The molecule has 0 saturated heterocycles. The van der Waals surface area contributed by atoms with E-state index in [-0.39, 0.29) is 24.3 Å². The van der Waals surface area contributed by atoms with Crippen LogP contribution in [0.2, 0.25) is 0 Å². The van der Waals surface area contributed by atoms with Gasteiger partial charge in [0.25, 0.3) is 0 Å². The predicted molar refractivity (Wildman–Crippen MR) is 53.6 cm³/mol.